The molecule has 1 nitrogen and oxygen atoms in total. The van der Waals surface area contributed by atoms with Crippen LogP contribution in [0.5, 0.6) is 0 Å². The quantitative estimate of drug-likeness (QED) is 0.281. The number of hydrogen-bond acceptors (Lipinski definition) is 1. The maximum absolute atomic E-state index is 4.37. The molecular formula is C28H41NSi2. The first-order valence-electron chi connectivity index (χ1n) is 12.3. The summed E-state index contributed by atoms with van der Waals surface area (Å²) < 4.78 is 4.37. The lowest BCUT2D eigenvalue weighted by Gasteiger charge is -2.41. The van der Waals surface area contributed by atoms with Crippen LogP contribution in [-0.2, 0) is 0 Å². The molecule has 0 amide bonds. The van der Waals surface area contributed by atoms with Gasteiger partial charge in [0.2, 0.25) is 8.24 Å². The van der Waals surface area contributed by atoms with Gasteiger partial charge in [-0.15, -0.1) is 0 Å². The summed E-state index contributed by atoms with van der Waals surface area (Å²) in [6.45, 7) is 9.66. The van der Waals surface area contributed by atoms with Crippen molar-refractivity contribution in [2.75, 3.05) is 0 Å². The van der Waals surface area contributed by atoms with Gasteiger partial charge < -0.3 is 4.65 Å². The fraction of sp³-hybridized carbons (Fsp3) is 0.429. The van der Waals surface area contributed by atoms with Crippen molar-refractivity contribution < 1.29 is 0 Å². The first kappa shape index (κ1) is 24.0. The Kier molecular flexibility index (Phi) is 8.70. The summed E-state index contributed by atoms with van der Waals surface area (Å²) in [5, 5.41) is 4.70. The molecule has 0 bridgehead atoms. The molecule has 0 atom stereocenters. The number of unbranched alkanes of at least 4 members (excludes halogenated alkanes) is 5. The minimum absolute atomic E-state index is 1.10. The van der Waals surface area contributed by atoms with Gasteiger partial charge in [-0.2, -0.15) is 0 Å². The standard InChI is InChI=1S/C28H41NSi2/c1-5-6-7-8-9-12-18-25-19-17-24-28(25)31(29-30(2,3)4,26-20-13-10-14-21-26)27-22-15-11-16-23-27/h10-11,13-17,19-23,29H,5-9,12,18,24H2,1-4H3. The third-order valence-corrected chi connectivity index (χ3v) is 14.6. The van der Waals surface area contributed by atoms with E-state index in [9.17, 15) is 0 Å². The van der Waals surface area contributed by atoms with Crippen molar-refractivity contribution in [1.82, 2.24) is 4.65 Å². The molecule has 0 saturated heterocycles. The zero-order valence-electron chi connectivity index (χ0n) is 20.1. The Balaban J connectivity index is 2.02. The van der Waals surface area contributed by atoms with Crippen LogP contribution in [0.15, 0.2) is 83.6 Å². The van der Waals surface area contributed by atoms with E-state index in [1.54, 1.807) is 10.8 Å². The van der Waals surface area contributed by atoms with Crippen LogP contribution in [-0.4, -0.2) is 16.5 Å². The normalized spacial score (nSPS) is 14.5. The second-order valence-electron chi connectivity index (χ2n) is 9.99. The van der Waals surface area contributed by atoms with Crippen LogP contribution in [0, 0.1) is 0 Å². The number of benzene rings is 2. The highest BCUT2D eigenvalue weighted by Gasteiger charge is 2.45. The Labute approximate surface area is 192 Å². The van der Waals surface area contributed by atoms with Crippen molar-refractivity contribution >= 4 is 26.8 Å². The maximum Gasteiger partial charge on any atom is 0.212 e. The number of allylic oxidation sites excluding steroid dienone is 4. The summed E-state index contributed by atoms with van der Waals surface area (Å²) in [6, 6.07) is 22.7. The fourth-order valence-corrected chi connectivity index (χ4v) is 14.7. The third-order valence-electron chi connectivity index (χ3n) is 6.26. The largest absolute Gasteiger partial charge is 0.349 e. The second-order valence-corrected chi connectivity index (χ2v) is 18.7. The monoisotopic (exact) mass is 447 g/mol. The Morgan fingerprint density at radius 2 is 1.29 bits per heavy atom. The van der Waals surface area contributed by atoms with Crippen molar-refractivity contribution in [1.29, 1.82) is 0 Å². The first-order chi connectivity index (χ1) is 15.0. The molecule has 31 heavy (non-hydrogen) atoms. The van der Waals surface area contributed by atoms with E-state index in [1.807, 2.05) is 0 Å². The van der Waals surface area contributed by atoms with Gasteiger partial charge in [0.1, 0.15) is 8.24 Å². The summed E-state index contributed by atoms with van der Waals surface area (Å²) in [5.41, 5.74) is 1.61. The van der Waals surface area contributed by atoms with Gasteiger partial charge in [0.15, 0.2) is 0 Å². The molecule has 1 aliphatic rings. The van der Waals surface area contributed by atoms with E-state index in [0.717, 1.165) is 6.42 Å². The Bertz CT molecular complexity index is 823. The van der Waals surface area contributed by atoms with Crippen LogP contribution >= 0.6 is 0 Å². The molecule has 1 N–H and O–H groups in total. The summed E-state index contributed by atoms with van der Waals surface area (Å²) in [4.78, 5) is 0. The topological polar surface area (TPSA) is 12.0 Å². The van der Waals surface area contributed by atoms with Crippen LogP contribution in [0.2, 0.25) is 19.6 Å². The molecule has 0 fully saturated rings. The van der Waals surface area contributed by atoms with E-state index in [1.165, 1.54) is 55.3 Å². The van der Waals surface area contributed by atoms with Gasteiger partial charge in [-0.1, -0.05) is 142 Å². The molecule has 3 rings (SSSR count). The van der Waals surface area contributed by atoms with Gasteiger partial charge in [-0.3, -0.25) is 0 Å². The smallest absolute Gasteiger partial charge is 0.212 e. The maximum atomic E-state index is 4.37. The second kappa shape index (κ2) is 11.3. The summed E-state index contributed by atoms with van der Waals surface area (Å²) in [7, 11) is -3.82. The van der Waals surface area contributed by atoms with E-state index in [0.29, 0.717) is 0 Å². The molecule has 3 heteroatoms. The van der Waals surface area contributed by atoms with Crippen LogP contribution in [0.25, 0.3) is 0 Å². The minimum Gasteiger partial charge on any atom is -0.349 e. The van der Waals surface area contributed by atoms with E-state index >= 15 is 0 Å². The zero-order valence-corrected chi connectivity index (χ0v) is 22.1. The van der Waals surface area contributed by atoms with Gasteiger partial charge in [0, 0.05) is 0 Å². The van der Waals surface area contributed by atoms with Crippen molar-refractivity contribution in [3.63, 3.8) is 0 Å². The average molecular weight is 448 g/mol. The lowest BCUT2D eigenvalue weighted by Crippen LogP contribution is -2.75. The molecule has 166 valence electrons. The fourth-order valence-electron chi connectivity index (χ4n) is 4.95. The Morgan fingerprint density at radius 1 is 0.742 bits per heavy atom. The van der Waals surface area contributed by atoms with Crippen molar-refractivity contribution in [2.24, 2.45) is 0 Å². The predicted octanol–water partition coefficient (Wildman–Crippen LogP) is 6.72. The van der Waals surface area contributed by atoms with Gasteiger partial charge in [0.25, 0.3) is 0 Å². The molecule has 0 radical (unpaired) electrons. The molecule has 1 aliphatic carbocycles. The van der Waals surface area contributed by atoms with Crippen LogP contribution < -0.4 is 15.0 Å². The van der Waals surface area contributed by atoms with Crippen molar-refractivity contribution in [2.45, 2.75) is 77.9 Å². The molecule has 0 spiro atoms. The highest BCUT2D eigenvalue weighted by atomic mass is 28.4. The molecule has 0 unspecified atom stereocenters. The number of hydrogen-bond donors (Lipinski definition) is 1. The summed E-state index contributed by atoms with van der Waals surface area (Å²) >= 11 is 0. The van der Waals surface area contributed by atoms with Crippen LogP contribution in [0.1, 0.15) is 58.3 Å². The van der Waals surface area contributed by atoms with E-state index in [4.69, 9.17) is 0 Å². The van der Waals surface area contributed by atoms with E-state index in [-0.39, 0.29) is 0 Å². The molecule has 0 aliphatic heterocycles. The Morgan fingerprint density at radius 3 is 1.84 bits per heavy atom. The lowest BCUT2D eigenvalue weighted by atomic mass is 10.1. The van der Waals surface area contributed by atoms with Gasteiger partial charge in [0.05, 0.1) is 0 Å². The zero-order chi connectivity index (χ0) is 22.2. The van der Waals surface area contributed by atoms with E-state index in [2.05, 4.69) is 104 Å². The molecule has 0 heterocycles. The average Bonchev–Trinajstić information content (AvgIpc) is 3.24. The number of rotatable bonds is 12. The van der Waals surface area contributed by atoms with E-state index < -0.39 is 16.5 Å². The predicted molar refractivity (Wildman–Crippen MR) is 143 cm³/mol. The van der Waals surface area contributed by atoms with Gasteiger partial charge in [-0.25, -0.2) is 0 Å². The Hall–Kier alpha value is -1.69. The third kappa shape index (κ3) is 6.18. The van der Waals surface area contributed by atoms with Crippen molar-refractivity contribution in [3.8, 4) is 0 Å². The molecule has 2 aromatic rings. The number of nitrogens with one attached hydrogen (secondary N) is 1. The van der Waals surface area contributed by atoms with Gasteiger partial charge >= 0.3 is 0 Å². The summed E-state index contributed by atoms with van der Waals surface area (Å²) in [5.74, 6) is 0. The highest BCUT2D eigenvalue weighted by Crippen LogP contribution is 2.31. The van der Waals surface area contributed by atoms with Crippen LogP contribution in [0.3, 0.4) is 0 Å². The highest BCUT2D eigenvalue weighted by molar-refractivity contribution is 7.11. The minimum atomic E-state index is -2.27. The molecular weight excluding hydrogens is 406 g/mol. The van der Waals surface area contributed by atoms with Crippen molar-refractivity contribution in [3.05, 3.63) is 83.6 Å². The van der Waals surface area contributed by atoms with Crippen LogP contribution in [0.4, 0.5) is 0 Å². The lowest BCUT2D eigenvalue weighted by molar-refractivity contribution is 0.608. The molecule has 0 saturated carbocycles. The SMILES string of the molecule is CCCCCCCCC1=C([Si](N[Si](C)(C)C)(c2ccccc2)c2ccccc2)CC=C1. The van der Waals surface area contributed by atoms with Gasteiger partial charge in [-0.05, 0) is 29.6 Å². The summed E-state index contributed by atoms with van der Waals surface area (Å²) in [6.07, 6.45) is 15.3. The molecule has 0 aromatic heterocycles. The first-order valence-corrected chi connectivity index (χ1v) is 17.8. The molecule has 2 aromatic carbocycles.